The van der Waals surface area contributed by atoms with Gasteiger partial charge in [-0.1, -0.05) is 15.9 Å². The third-order valence-electron chi connectivity index (χ3n) is 3.79. The van der Waals surface area contributed by atoms with Crippen LogP contribution >= 0.6 is 15.9 Å². The molecule has 0 radical (unpaired) electrons. The highest BCUT2D eigenvalue weighted by Gasteiger charge is 2.40. The van der Waals surface area contributed by atoms with Crippen LogP contribution in [-0.2, 0) is 0 Å². The van der Waals surface area contributed by atoms with E-state index in [1.54, 1.807) is 0 Å². The largest absolute Gasteiger partial charge is 0.484 e. The molecule has 0 saturated heterocycles. The van der Waals surface area contributed by atoms with E-state index in [9.17, 15) is 8.78 Å². The summed E-state index contributed by atoms with van der Waals surface area (Å²) in [7, 11) is 0. The molecule has 5 heteroatoms. The minimum atomic E-state index is -0.909. The first-order valence-corrected chi connectivity index (χ1v) is 8.09. The molecule has 0 bridgehead atoms. The van der Waals surface area contributed by atoms with Crippen molar-refractivity contribution in [2.45, 2.75) is 57.6 Å². The van der Waals surface area contributed by atoms with Crippen molar-refractivity contribution in [1.82, 2.24) is 5.32 Å². The molecule has 1 fully saturated rings. The lowest BCUT2D eigenvalue weighted by Crippen LogP contribution is -2.47. The highest BCUT2D eigenvalue weighted by molar-refractivity contribution is 9.10. The summed E-state index contributed by atoms with van der Waals surface area (Å²) in [5, 5.41) is 3.41. The molecule has 1 aromatic carbocycles. The van der Waals surface area contributed by atoms with Gasteiger partial charge in [0, 0.05) is 10.0 Å². The minimum Gasteiger partial charge on any atom is -0.484 e. The van der Waals surface area contributed by atoms with Gasteiger partial charge >= 0.3 is 0 Å². The van der Waals surface area contributed by atoms with Crippen molar-refractivity contribution in [1.29, 1.82) is 0 Å². The molecular formula is C16H22BrF2NO. The van der Waals surface area contributed by atoms with E-state index in [1.165, 1.54) is 6.07 Å². The molecular weight excluding hydrogens is 340 g/mol. The Labute approximate surface area is 133 Å². The fraction of sp³-hybridized carbons (Fsp3) is 0.625. The van der Waals surface area contributed by atoms with Crippen LogP contribution in [0, 0.1) is 11.6 Å². The van der Waals surface area contributed by atoms with E-state index in [0.29, 0.717) is 4.47 Å². The molecule has 2 rings (SSSR count). The Kier molecular flexibility index (Phi) is 4.93. The van der Waals surface area contributed by atoms with Gasteiger partial charge in [-0.3, -0.25) is 0 Å². The molecule has 1 aromatic rings. The SMILES string of the molecule is CC(C)(C)NCCC1(Oc2cc(Br)cc(F)c2F)CCC1. The molecule has 21 heavy (non-hydrogen) atoms. The van der Waals surface area contributed by atoms with Crippen molar-refractivity contribution < 1.29 is 13.5 Å². The first kappa shape index (κ1) is 16.7. The maximum Gasteiger partial charge on any atom is 0.200 e. The van der Waals surface area contributed by atoms with Gasteiger partial charge in [-0.2, -0.15) is 4.39 Å². The maximum atomic E-state index is 13.8. The average Bonchev–Trinajstić information content (AvgIpc) is 2.30. The molecule has 1 aliphatic carbocycles. The van der Waals surface area contributed by atoms with Gasteiger partial charge in [0.05, 0.1) is 0 Å². The second-order valence-corrected chi connectivity index (χ2v) is 7.68. The monoisotopic (exact) mass is 361 g/mol. The fourth-order valence-electron chi connectivity index (χ4n) is 2.48. The fourth-order valence-corrected chi connectivity index (χ4v) is 2.89. The predicted molar refractivity (Wildman–Crippen MR) is 83.6 cm³/mol. The van der Waals surface area contributed by atoms with Crippen LogP contribution in [0.3, 0.4) is 0 Å². The van der Waals surface area contributed by atoms with Gasteiger partial charge in [0.1, 0.15) is 5.60 Å². The summed E-state index contributed by atoms with van der Waals surface area (Å²) in [6.45, 7) is 7.10. The third-order valence-corrected chi connectivity index (χ3v) is 4.24. The van der Waals surface area contributed by atoms with Gasteiger partial charge in [-0.15, -0.1) is 0 Å². The Hall–Kier alpha value is -0.680. The summed E-state index contributed by atoms with van der Waals surface area (Å²) < 4.78 is 33.6. The zero-order valence-electron chi connectivity index (χ0n) is 12.7. The van der Waals surface area contributed by atoms with E-state index >= 15 is 0 Å². The first-order valence-electron chi connectivity index (χ1n) is 7.29. The Morgan fingerprint density at radius 2 is 1.95 bits per heavy atom. The number of hydrogen-bond donors (Lipinski definition) is 1. The molecule has 2 nitrogen and oxygen atoms in total. The van der Waals surface area contributed by atoms with Crippen LogP contribution in [0.15, 0.2) is 16.6 Å². The summed E-state index contributed by atoms with van der Waals surface area (Å²) in [5.74, 6) is -1.80. The number of benzene rings is 1. The second-order valence-electron chi connectivity index (χ2n) is 6.77. The van der Waals surface area contributed by atoms with Crippen molar-refractivity contribution in [3.05, 3.63) is 28.2 Å². The Morgan fingerprint density at radius 1 is 1.29 bits per heavy atom. The van der Waals surface area contributed by atoms with Crippen molar-refractivity contribution in [2.24, 2.45) is 0 Å². The average molecular weight is 362 g/mol. The van der Waals surface area contributed by atoms with Crippen molar-refractivity contribution in [3.63, 3.8) is 0 Å². The Morgan fingerprint density at radius 3 is 2.48 bits per heavy atom. The van der Waals surface area contributed by atoms with E-state index < -0.39 is 11.6 Å². The van der Waals surface area contributed by atoms with Crippen LogP contribution in [0.25, 0.3) is 0 Å². The van der Waals surface area contributed by atoms with Gasteiger partial charge in [0.25, 0.3) is 0 Å². The van der Waals surface area contributed by atoms with Gasteiger partial charge in [-0.25, -0.2) is 4.39 Å². The Balaban J connectivity index is 2.05. The summed E-state index contributed by atoms with van der Waals surface area (Å²) in [6, 6.07) is 2.60. The van der Waals surface area contributed by atoms with Gasteiger partial charge < -0.3 is 10.1 Å². The standard InChI is InChI=1S/C16H22BrF2NO/c1-15(2,3)20-8-7-16(5-4-6-16)21-13-10-11(17)9-12(18)14(13)19/h9-10,20H,4-8H2,1-3H3. The van der Waals surface area contributed by atoms with E-state index in [2.05, 4.69) is 42.0 Å². The van der Waals surface area contributed by atoms with E-state index in [0.717, 1.165) is 38.3 Å². The molecule has 0 spiro atoms. The zero-order chi connectivity index (χ0) is 15.7. The van der Waals surface area contributed by atoms with Crippen molar-refractivity contribution in [2.75, 3.05) is 6.54 Å². The van der Waals surface area contributed by atoms with E-state index in [1.807, 2.05) is 0 Å². The zero-order valence-corrected chi connectivity index (χ0v) is 14.3. The van der Waals surface area contributed by atoms with Crippen LogP contribution < -0.4 is 10.1 Å². The molecule has 0 aliphatic heterocycles. The molecule has 0 heterocycles. The van der Waals surface area contributed by atoms with Gasteiger partial charge in [-0.05, 0) is 65.1 Å². The molecule has 1 N–H and O–H groups in total. The summed E-state index contributed by atoms with van der Waals surface area (Å²) in [5.41, 5.74) is -0.329. The molecule has 1 aliphatic rings. The lowest BCUT2D eigenvalue weighted by Gasteiger charge is -2.42. The maximum absolute atomic E-state index is 13.8. The number of ether oxygens (including phenoxy) is 1. The summed E-state index contributed by atoms with van der Waals surface area (Å²) in [6.07, 6.45) is 3.62. The Bertz CT molecular complexity index is 510. The number of halogens is 3. The predicted octanol–water partition coefficient (Wildman–Crippen LogP) is 4.81. The highest BCUT2D eigenvalue weighted by Crippen LogP contribution is 2.40. The third kappa shape index (κ3) is 4.39. The van der Waals surface area contributed by atoms with Gasteiger partial charge in [0.2, 0.25) is 5.82 Å². The number of rotatable bonds is 5. The van der Waals surface area contributed by atoms with Gasteiger partial charge in [0.15, 0.2) is 11.6 Å². The highest BCUT2D eigenvalue weighted by atomic mass is 79.9. The normalized spacial score (nSPS) is 17.4. The number of nitrogens with one attached hydrogen (secondary N) is 1. The lowest BCUT2D eigenvalue weighted by atomic mass is 9.77. The molecule has 118 valence electrons. The van der Waals surface area contributed by atoms with Crippen LogP contribution in [0.4, 0.5) is 8.78 Å². The van der Waals surface area contributed by atoms with Crippen LogP contribution in [0.2, 0.25) is 0 Å². The summed E-state index contributed by atoms with van der Waals surface area (Å²) in [4.78, 5) is 0. The quantitative estimate of drug-likeness (QED) is 0.760. The summed E-state index contributed by atoms with van der Waals surface area (Å²) >= 11 is 3.17. The van der Waals surface area contributed by atoms with E-state index in [-0.39, 0.29) is 16.9 Å². The van der Waals surface area contributed by atoms with Crippen LogP contribution in [-0.4, -0.2) is 17.7 Å². The molecule has 0 amide bonds. The topological polar surface area (TPSA) is 21.3 Å². The van der Waals surface area contributed by atoms with Crippen LogP contribution in [0.1, 0.15) is 46.5 Å². The minimum absolute atomic E-state index is 0.00247. The molecule has 0 aromatic heterocycles. The van der Waals surface area contributed by atoms with Crippen molar-refractivity contribution in [3.8, 4) is 5.75 Å². The molecule has 1 saturated carbocycles. The van der Waals surface area contributed by atoms with Crippen molar-refractivity contribution >= 4 is 15.9 Å². The first-order chi connectivity index (χ1) is 9.71. The lowest BCUT2D eigenvalue weighted by molar-refractivity contribution is -0.0186. The van der Waals surface area contributed by atoms with E-state index in [4.69, 9.17) is 4.74 Å². The number of hydrogen-bond acceptors (Lipinski definition) is 2. The smallest absolute Gasteiger partial charge is 0.200 e. The van der Waals surface area contributed by atoms with Crippen LogP contribution in [0.5, 0.6) is 5.75 Å². The second kappa shape index (κ2) is 6.21. The molecule has 0 unspecified atom stereocenters. The molecule has 0 atom stereocenters.